The Morgan fingerprint density at radius 2 is 1.87 bits per heavy atom. The maximum absolute atomic E-state index is 7.48. The van der Waals surface area contributed by atoms with Crippen LogP contribution in [-0.4, -0.2) is 35.7 Å². The fraction of sp³-hybridized carbons (Fsp3) is 0.133. The molecule has 0 fully saturated rings. The van der Waals surface area contributed by atoms with Crippen molar-refractivity contribution in [1.82, 2.24) is 29.9 Å². The molecule has 0 radical (unpaired) electrons. The second-order valence-electron chi connectivity index (χ2n) is 5.27. The molecule has 4 rings (SSSR count). The lowest BCUT2D eigenvalue weighted by Gasteiger charge is -1.95. The van der Waals surface area contributed by atoms with Gasteiger partial charge in [0.25, 0.3) is 0 Å². The Balaban J connectivity index is 1.56. The molecule has 8 nitrogen and oxygen atoms in total. The summed E-state index contributed by atoms with van der Waals surface area (Å²) in [4.78, 5) is 23.5. The lowest BCUT2D eigenvalue weighted by Crippen LogP contribution is -2.10. The maximum Gasteiger partial charge on any atom is 0.160 e. The Bertz CT molecular complexity index is 980. The number of nitrogens with zero attached hydrogens (tertiary/aromatic N) is 4. The molecule has 0 spiro atoms. The smallest absolute Gasteiger partial charge is 0.160 e. The average Bonchev–Trinajstić information content (AvgIpc) is 3.14. The molecular formula is C15H14N8. The first-order valence-electron chi connectivity index (χ1n) is 7.17. The van der Waals surface area contributed by atoms with Crippen molar-refractivity contribution in [2.24, 2.45) is 5.73 Å². The molecule has 8 heteroatoms. The lowest BCUT2D eigenvalue weighted by atomic mass is 10.2. The third-order valence-electron chi connectivity index (χ3n) is 3.65. The van der Waals surface area contributed by atoms with Gasteiger partial charge in [0.1, 0.15) is 29.3 Å². The highest BCUT2D eigenvalue weighted by atomic mass is 15.0. The zero-order valence-electron chi connectivity index (χ0n) is 12.2. The minimum Gasteiger partial charge on any atom is -0.384 e. The number of fused-ring (bicyclic) bond motifs is 2. The van der Waals surface area contributed by atoms with Crippen LogP contribution in [0.25, 0.3) is 22.2 Å². The van der Waals surface area contributed by atoms with Crippen molar-refractivity contribution in [3.8, 4) is 0 Å². The fourth-order valence-corrected chi connectivity index (χ4v) is 2.51. The normalized spacial score (nSPS) is 11.3. The van der Waals surface area contributed by atoms with E-state index in [-0.39, 0.29) is 5.84 Å². The van der Waals surface area contributed by atoms with Gasteiger partial charge < -0.3 is 15.7 Å². The van der Waals surface area contributed by atoms with Gasteiger partial charge in [-0.15, -0.1) is 0 Å². The Labute approximate surface area is 130 Å². The molecular weight excluding hydrogens is 292 g/mol. The summed E-state index contributed by atoms with van der Waals surface area (Å²) in [5, 5.41) is 7.48. The van der Waals surface area contributed by atoms with Crippen LogP contribution in [0.1, 0.15) is 17.2 Å². The van der Waals surface area contributed by atoms with E-state index in [1.54, 1.807) is 6.20 Å². The summed E-state index contributed by atoms with van der Waals surface area (Å²) in [5.74, 6) is 1.76. The van der Waals surface area contributed by atoms with Crippen LogP contribution in [0.15, 0.2) is 30.7 Å². The number of rotatable bonds is 4. The highest BCUT2D eigenvalue weighted by molar-refractivity contribution is 5.97. The summed E-state index contributed by atoms with van der Waals surface area (Å²) < 4.78 is 0. The van der Waals surface area contributed by atoms with Crippen molar-refractivity contribution in [2.75, 3.05) is 0 Å². The molecule has 0 bridgehead atoms. The molecule has 0 saturated carbocycles. The third kappa shape index (κ3) is 2.50. The van der Waals surface area contributed by atoms with Crippen molar-refractivity contribution in [3.05, 3.63) is 47.9 Å². The zero-order chi connectivity index (χ0) is 15.8. The van der Waals surface area contributed by atoms with E-state index in [2.05, 4.69) is 29.9 Å². The van der Waals surface area contributed by atoms with Crippen molar-refractivity contribution in [2.45, 2.75) is 12.8 Å². The van der Waals surface area contributed by atoms with Gasteiger partial charge in [-0.05, 0) is 18.2 Å². The number of aromatic amines is 2. The van der Waals surface area contributed by atoms with Crippen LogP contribution < -0.4 is 5.73 Å². The predicted octanol–water partition coefficient (Wildman–Crippen LogP) is 1.30. The second-order valence-corrected chi connectivity index (χ2v) is 5.27. The highest BCUT2D eigenvalue weighted by Gasteiger charge is 2.08. The van der Waals surface area contributed by atoms with Gasteiger partial charge in [0.05, 0.1) is 17.2 Å². The highest BCUT2D eigenvalue weighted by Crippen LogP contribution is 2.15. The minimum atomic E-state index is 0.0415. The fourth-order valence-electron chi connectivity index (χ4n) is 2.51. The molecule has 0 aliphatic carbocycles. The maximum atomic E-state index is 7.48. The molecule has 5 N–H and O–H groups in total. The molecule has 0 saturated heterocycles. The number of benzene rings is 1. The van der Waals surface area contributed by atoms with Gasteiger partial charge in [-0.1, -0.05) is 0 Å². The summed E-state index contributed by atoms with van der Waals surface area (Å²) in [7, 11) is 0. The lowest BCUT2D eigenvalue weighted by molar-refractivity contribution is 0.843. The van der Waals surface area contributed by atoms with Crippen molar-refractivity contribution >= 4 is 28.0 Å². The number of aryl methyl sites for hydroxylation is 2. The standard InChI is InChI=1S/C15H14N8/c16-14(17)8-1-2-9-10(5-8)21-12(20-9)3-4-13-22-11-6-18-7-19-15(11)23-13/h1-2,5-7H,3-4H2,(H3,16,17)(H,20,21)(H,18,19,22,23). The topological polar surface area (TPSA) is 133 Å². The second kappa shape index (κ2) is 5.16. The Morgan fingerprint density at radius 1 is 1.09 bits per heavy atom. The minimum absolute atomic E-state index is 0.0415. The molecule has 0 aliphatic heterocycles. The van der Waals surface area contributed by atoms with E-state index in [9.17, 15) is 0 Å². The van der Waals surface area contributed by atoms with E-state index < -0.39 is 0 Å². The van der Waals surface area contributed by atoms with E-state index in [4.69, 9.17) is 11.1 Å². The molecule has 4 aromatic rings. The molecule has 114 valence electrons. The summed E-state index contributed by atoms with van der Waals surface area (Å²) in [6.45, 7) is 0. The summed E-state index contributed by atoms with van der Waals surface area (Å²) in [6.07, 6.45) is 4.62. The quantitative estimate of drug-likeness (QED) is 0.333. The number of amidine groups is 1. The first-order valence-corrected chi connectivity index (χ1v) is 7.17. The molecule has 3 aromatic heterocycles. The molecule has 0 atom stereocenters. The number of imidazole rings is 2. The van der Waals surface area contributed by atoms with Gasteiger partial charge in [0.15, 0.2) is 5.65 Å². The van der Waals surface area contributed by atoms with Crippen LogP contribution in [0, 0.1) is 5.41 Å². The van der Waals surface area contributed by atoms with E-state index in [0.717, 1.165) is 46.7 Å². The molecule has 23 heavy (non-hydrogen) atoms. The number of hydrogen-bond acceptors (Lipinski definition) is 5. The number of nitrogens with two attached hydrogens (primary N) is 1. The number of hydrogen-bond donors (Lipinski definition) is 4. The van der Waals surface area contributed by atoms with Gasteiger partial charge in [-0.3, -0.25) is 5.41 Å². The Kier molecular flexibility index (Phi) is 3.00. The molecule has 3 heterocycles. The summed E-state index contributed by atoms with van der Waals surface area (Å²) >= 11 is 0. The summed E-state index contributed by atoms with van der Waals surface area (Å²) in [6, 6.07) is 5.51. The molecule has 0 unspecified atom stereocenters. The first-order chi connectivity index (χ1) is 11.2. The number of aromatic nitrogens is 6. The van der Waals surface area contributed by atoms with Gasteiger partial charge in [0, 0.05) is 18.4 Å². The van der Waals surface area contributed by atoms with E-state index in [1.165, 1.54) is 6.33 Å². The van der Waals surface area contributed by atoms with Gasteiger partial charge >= 0.3 is 0 Å². The monoisotopic (exact) mass is 306 g/mol. The molecule has 0 amide bonds. The van der Waals surface area contributed by atoms with Gasteiger partial charge in [-0.25, -0.2) is 19.9 Å². The van der Waals surface area contributed by atoms with Crippen LogP contribution in [0.4, 0.5) is 0 Å². The van der Waals surface area contributed by atoms with Gasteiger partial charge in [-0.2, -0.15) is 0 Å². The largest absolute Gasteiger partial charge is 0.384 e. The van der Waals surface area contributed by atoms with E-state index in [0.29, 0.717) is 5.56 Å². The van der Waals surface area contributed by atoms with E-state index >= 15 is 0 Å². The Hall–Kier alpha value is -3.29. The van der Waals surface area contributed by atoms with Crippen LogP contribution in [0.2, 0.25) is 0 Å². The Morgan fingerprint density at radius 3 is 2.65 bits per heavy atom. The van der Waals surface area contributed by atoms with Crippen LogP contribution >= 0.6 is 0 Å². The van der Waals surface area contributed by atoms with Crippen molar-refractivity contribution in [1.29, 1.82) is 5.41 Å². The third-order valence-corrected chi connectivity index (χ3v) is 3.65. The van der Waals surface area contributed by atoms with Gasteiger partial charge in [0.2, 0.25) is 0 Å². The zero-order valence-corrected chi connectivity index (χ0v) is 12.2. The van der Waals surface area contributed by atoms with Crippen LogP contribution in [-0.2, 0) is 12.8 Å². The van der Waals surface area contributed by atoms with Crippen molar-refractivity contribution in [3.63, 3.8) is 0 Å². The SMILES string of the molecule is N=C(N)c1ccc2[nH]c(CCc3nc4cncnc4[nH]3)nc2c1. The predicted molar refractivity (Wildman–Crippen MR) is 86.2 cm³/mol. The average molecular weight is 306 g/mol. The first kappa shape index (κ1) is 13.4. The molecule has 1 aromatic carbocycles. The van der Waals surface area contributed by atoms with Crippen LogP contribution in [0.5, 0.6) is 0 Å². The number of nitrogens with one attached hydrogen (secondary N) is 3. The van der Waals surface area contributed by atoms with E-state index in [1.807, 2.05) is 18.2 Å². The molecule has 0 aliphatic rings. The number of H-pyrrole nitrogens is 2. The summed E-state index contributed by atoms with van der Waals surface area (Å²) in [5.41, 5.74) is 9.42. The van der Waals surface area contributed by atoms with Crippen LogP contribution in [0.3, 0.4) is 0 Å². The van der Waals surface area contributed by atoms with Crippen molar-refractivity contribution < 1.29 is 0 Å². The number of nitrogen functional groups attached to an aromatic ring is 1.